The van der Waals surface area contributed by atoms with Gasteiger partial charge in [0, 0.05) is 22.7 Å². The van der Waals surface area contributed by atoms with Gasteiger partial charge in [0.1, 0.15) is 22.9 Å². The van der Waals surface area contributed by atoms with Gasteiger partial charge in [-0.3, -0.25) is 9.89 Å². The number of H-pyrrole nitrogens is 1. The Morgan fingerprint density at radius 2 is 1.80 bits per heavy atom. The second kappa shape index (κ2) is 11.5. The maximum atomic E-state index is 13.8. The van der Waals surface area contributed by atoms with E-state index in [-0.39, 0.29) is 11.7 Å². The van der Waals surface area contributed by atoms with Gasteiger partial charge in [0.15, 0.2) is 11.5 Å². The molecule has 1 amide bonds. The summed E-state index contributed by atoms with van der Waals surface area (Å²) in [6.07, 6.45) is 0.633. The Morgan fingerprint density at radius 1 is 1.02 bits per heavy atom. The lowest BCUT2D eigenvalue weighted by Crippen LogP contribution is -2.31. The molecule has 0 aliphatic carbocycles. The van der Waals surface area contributed by atoms with Crippen molar-refractivity contribution in [2.24, 2.45) is 5.92 Å². The highest BCUT2D eigenvalue weighted by molar-refractivity contribution is 6.31. The van der Waals surface area contributed by atoms with E-state index in [1.807, 2.05) is 47.4 Å². The van der Waals surface area contributed by atoms with Gasteiger partial charge < -0.3 is 24.2 Å². The van der Waals surface area contributed by atoms with E-state index in [4.69, 9.17) is 25.8 Å². The van der Waals surface area contributed by atoms with Crippen LogP contribution in [0.4, 0.5) is 0 Å². The van der Waals surface area contributed by atoms with Crippen LogP contribution in [0.15, 0.2) is 60.7 Å². The van der Waals surface area contributed by atoms with Crippen LogP contribution in [0, 0.1) is 5.92 Å². The van der Waals surface area contributed by atoms with Gasteiger partial charge in [0.25, 0.3) is 5.91 Å². The molecule has 0 spiro atoms. The van der Waals surface area contributed by atoms with E-state index in [0.29, 0.717) is 64.5 Å². The van der Waals surface area contributed by atoms with Crippen LogP contribution >= 0.6 is 11.6 Å². The molecule has 9 heteroatoms. The van der Waals surface area contributed by atoms with Crippen molar-refractivity contribution in [1.29, 1.82) is 0 Å². The number of aromatic hydroxyl groups is 1. The Bertz CT molecular complexity index is 1520. The fraction of sp³-hybridized carbons (Fsp3) is 0.290. The lowest BCUT2D eigenvalue weighted by atomic mass is 9.95. The smallest absolute Gasteiger partial charge is 0.273 e. The number of phenolic OH excluding ortho intramolecular Hbond substituents is 1. The molecule has 0 radical (unpaired) electrons. The van der Waals surface area contributed by atoms with Gasteiger partial charge in [-0.15, -0.1) is 0 Å². The van der Waals surface area contributed by atoms with Gasteiger partial charge in [-0.1, -0.05) is 43.6 Å². The fourth-order valence-electron chi connectivity index (χ4n) is 4.95. The molecule has 1 atom stereocenters. The molecule has 2 N–H and O–H groups in total. The van der Waals surface area contributed by atoms with Gasteiger partial charge in [0.2, 0.25) is 0 Å². The van der Waals surface area contributed by atoms with E-state index < -0.39 is 6.04 Å². The second-order valence-corrected chi connectivity index (χ2v) is 10.6. The molecule has 0 bridgehead atoms. The monoisotopic (exact) mass is 561 g/mol. The highest BCUT2D eigenvalue weighted by atomic mass is 35.5. The average molecular weight is 562 g/mol. The van der Waals surface area contributed by atoms with Crippen LogP contribution in [0.3, 0.4) is 0 Å². The number of carbonyl (C=O) groups excluding carboxylic acids is 1. The molecular formula is C31H32ClN3O5. The van der Waals surface area contributed by atoms with Crippen LogP contribution in [-0.2, 0) is 6.42 Å². The maximum Gasteiger partial charge on any atom is 0.273 e. The molecule has 4 aromatic rings. The highest BCUT2D eigenvalue weighted by Gasteiger charge is 2.42. The van der Waals surface area contributed by atoms with Crippen molar-refractivity contribution in [2.45, 2.75) is 26.3 Å². The van der Waals surface area contributed by atoms with E-state index in [1.54, 1.807) is 26.4 Å². The molecular weight excluding hydrogens is 530 g/mol. The number of nitrogens with one attached hydrogen (secondary N) is 1. The number of rotatable bonds is 10. The molecule has 1 aromatic heterocycles. The number of hydrogen-bond donors (Lipinski definition) is 2. The Kier molecular flexibility index (Phi) is 7.89. The number of fused-ring (bicyclic) bond motifs is 1. The summed E-state index contributed by atoms with van der Waals surface area (Å²) in [4.78, 5) is 15.6. The zero-order chi connectivity index (χ0) is 28.4. The third-order valence-corrected chi connectivity index (χ3v) is 7.19. The molecule has 3 aromatic carbocycles. The van der Waals surface area contributed by atoms with Crippen LogP contribution in [0.1, 0.15) is 47.1 Å². The van der Waals surface area contributed by atoms with E-state index in [2.05, 4.69) is 24.0 Å². The third kappa shape index (κ3) is 5.31. The van der Waals surface area contributed by atoms with Crippen molar-refractivity contribution >= 4 is 17.5 Å². The maximum absolute atomic E-state index is 13.8. The molecule has 1 aliphatic rings. The molecule has 0 saturated heterocycles. The molecule has 0 fully saturated rings. The summed E-state index contributed by atoms with van der Waals surface area (Å²) in [5.74, 6) is 2.19. The van der Waals surface area contributed by atoms with Crippen LogP contribution in [-0.4, -0.2) is 53.5 Å². The van der Waals surface area contributed by atoms with Crippen molar-refractivity contribution in [3.05, 3.63) is 88.1 Å². The number of ether oxygens (including phenoxy) is 3. The van der Waals surface area contributed by atoms with Gasteiger partial charge in [0.05, 0.1) is 26.9 Å². The normalized spacial score (nSPS) is 14.5. The van der Waals surface area contributed by atoms with Gasteiger partial charge >= 0.3 is 0 Å². The van der Waals surface area contributed by atoms with E-state index in [9.17, 15) is 9.90 Å². The highest BCUT2D eigenvalue weighted by Crippen LogP contribution is 2.46. The predicted molar refractivity (Wildman–Crippen MR) is 154 cm³/mol. The van der Waals surface area contributed by atoms with Gasteiger partial charge in [-0.05, 0) is 65.9 Å². The standard InChI is InChI=1S/C31H32ClN3O5/c1-18(2)17-40-25-12-7-20(15-26(25)39-4)30-27-28(23-16-21(32)8-11-24(23)36)33-34-29(27)31(37)35(30)14-13-19-5-9-22(38-3)10-6-19/h5-12,15-16,18,30,36H,13-14,17H2,1-4H3,(H,33,34). The number of amides is 1. The first-order chi connectivity index (χ1) is 19.3. The zero-order valence-electron chi connectivity index (χ0n) is 22.9. The van der Waals surface area contributed by atoms with Crippen molar-refractivity contribution in [3.8, 4) is 34.3 Å². The average Bonchev–Trinajstić information content (AvgIpc) is 3.50. The number of aromatic amines is 1. The molecule has 5 rings (SSSR count). The minimum absolute atomic E-state index is 0.0246. The van der Waals surface area contributed by atoms with Crippen molar-refractivity contribution in [3.63, 3.8) is 0 Å². The first-order valence-corrected chi connectivity index (χ1v) is 13.5. The van der Waals surface area contributed by atoms with Gasteiger partial charge in [-0.2, -0.15) is 5.10 Å². The van der Waals surface area contributed by atoms with Crippen LogP contribution in [0.2, 0.25) is 5.02 Å². The molecule has 40 heavy (non-hydrogen) atoms. The number of hydrogen-bond acceptors (Lipinski definition) is 6. The van der Waals surface area contributed by atoms with Crippen LogP contribution in [0.25, 0.3) is 11.3 Å². The van der Waals surface area contributed by atoms with Crippen molar-refractivity contribution < 1.29 is 24.1 Å². The van der Waals surface area contributed by atoms with Crippen LogP contribution in [0.5, 0.6) is 23.0 Å². The molecule has 2 heterocycles. The summed E-state index contributed by atoms with van der Waals surface area (Å²) in [7, 11) is 3.23. The molecule has 208 valence electrons. The second-order valence-electron chi connectivity index (χ2n) is 10.1. The summed E-state index contributed by atoms with van der Waals surface area (Å²) < 4.78 is 16.9. The number of carbonyl (C=O) groups is 1. The summed E-state index contributed by atoms with van der Waals surface area (Å²) in [6.45, 7) is 5.17. The number of benzene rings is 3. The van der Waals surface area contributed by atoms with Gasteiger partial charge in [-0.25, -0.2) is 0 Å². The topological polar surface area (TPSA) is 96.9 Å². The van der Waals surface area contributed by atoms with E-state index >= 15 is 0 Å². The first-order valence-electron chi connectivity index (χ1n) is 13.1. The molecule has 0 saturated carbocycles. The zero-order valence-corrected chi connectivity index (χ0v) is 23.7. The Balaban J connectivity index is 1.57. The Hall–Kier alpha value is -4.17. The summed E-state index contributed by atoms with van der Waals surface area (Å²) in [5, 5.41) is 18.5. The third-order valence-electron chi connectivity index (χ3n) is 6.95. The SMILES string of the molecule is COc1ccc(CCN2C(=O)c3[nH]nc(-c4cc(Cl)ccc4O)c3C2c2ccc(OCC(C)C)c(OC)c2)cc1. The molecule has 8 nitrogen and oxygen atoms in total. The lowest BCUT2D eigenvalue weighted by Gasteiger charge is -2.27. The molecule has 1 aliphatic heterocycles. The number of halogens is 1. The van der Waals surface area contributed by atoms with E-state index in [1.165, 1.54) is 6.07 Å². The summed E-state index contributed by atoms with van der Waals surface area (Å²) in [6, 6.07) is 17.8. The lowest BCUT2D eigenvalue weighted by molar-refractivity contribution is 0.0745. The predicted octanol–water partition coefficient (Wildman–Crippen LogP) is 6.28. The van der Waals surface area contributed by atoms with Crippen molar-refractivity contribution in [1.82, 2.24) is 15.1 Å². The number of nitrogens with zero attached hydrogens (tertiary/aromatic N) is 2. The van der Waals surface area contributed by atoms with E-state index in [0.717, 1.165) is 16.9 Å². The Labute approximate surface area is 238 Å². The quantitative estimate of drug-likeness (QED) is 0.237. The fourth-order valence-corrected chi connectivity index (χ4v) is 5.12. The van der Waals surface area contributed by atoms with Crippen LogP contribution < -0.4 is 14.2 Å². The number of phenols is 1. The minimum atomic E-state index is -0.485. The minimum Gasteiger partial charge on any atom is -0.507 e. The number of methoxy groups -OCH3 is 2. The Morgan fingerprint density at radius 3 is 2.50 bits per heavy atom. The first kappa shape index (κ1) is 27.4. The number of aromatic nitrogens is 2. The van der Waals surface area contributed by atoms with Crippen molar-refractivity contribution in [2.75, 3.05) is 27.4 Å². The molecule has 1 unspecified atom stereocenters. The summed E-state index contributed by atoms with van der Waals surface area (Å²) >= 11 is 6.28. The summed E-state index contributed by atoms with van der Waals surface area (Å²) in [5.41, 5.74) is 3.88. The largest absolute Gasteiger partial charge is 0.507 e.